The van der Waals surface area contributed by atoms with E-state index < -0.39 is 15.9 Å². The first-order valence-electron chi connectivity index (χ1n) is 9.44. The first-order chi connectivity index (χ1) is 15.2. The Hall–Kier alpha value is -3.63. The molecule has 0 radical (unpaired) electrons. The second kappa shape index (κ2) is 9.67. The highest BCUT2D eigenvalue weighted by atomic mass is 32.2. The van der Waals surface area contributed by atoms with Crippen LogP contribution in [-0.2, 0) is 10.0 Å². The van der Waals surface area contributed by atoms with Crippen molar-refractivity contribution < 1.29 is 13.2 Å². The Morgan fingerprint density at radius 1 is 0.906 bits per heavy atom. The van der Waals surface area contributed by atoms with E-state index in [9.17, 15) is 18.1 Å². The van der Waals surface area contributed by atoms with E-state index in [2.05, 4.69) is 20.5 Å². The summed E-state index contributed by atoms with van der Waals surface area (Å²) in [7, 11) is -3.77. The number of sulfonamides is 1. The van der Waals surface area contributed by atoms with Crippen LogP contribution in [0, 0.1) is 18.8 Å². The van der Waals surface area contributed by atoms with Crippen molar-refractivity contribution >= 4 is 50.3 Å². The van der Waals surface area contributed by atoms with Gasteiger partial charge in [0.2, 0.25) is 0 Å². The van der Waals surface area contributed by atoms with E-state index in [1.807, 2.05) is 19.9 Å². The van der Waals surface area contributed by atoms with Crippen LogP contribution in [0.5, 0.6) is 0 Å². The lowest BCUT2D eigenvalue weighted by Crippen LogP contribution is -2.34. The lowest BCUT2D eigenvalue weighted by atomic mass is 10.1. The first kappa shape index (κ1) is 23.0. The summed E-state index contributed by atoms with van der Waals surface area (Å²) >= 11 is 5.13. The van der Waals surface area contributed by atoms with Crippen LogP contribution < -0.4 is 15.4 Å². The molecule has 0 aromatic heterocycles. The second-order valence-corrected chi connectivity index (χ2v) is 9.04. The largest absolute Gasteiger partial charge is 0.332 e. The topological polar surface area (TPSA) is 117 Å². The monoisotopic (exact) mass is 468 g/mol. The number of benzene rings is 3. The average Bonchev–Trinajstić information content (AvgIpc) is 2.76. The number of aryl methyl sites for hydroxylation is 2. The van der Waals surface area contributed by atoms with Crippen LogP contribution in [0.2, 0.25) is 0 Å². The summed E-state index contributed by atoms with van der Waals surface area (Å²) in [6.07, 6.45) is 0. The SMILES string of the molecule is Cc1ccc(NS(=O)(=O)c2ccc(NC(=S)NC(=O)c3ccccc3N=O)cc2)cc1C. The standard InChI is InChI=1S/C22H20N4O4S2/c1-14-7-8-17(13-15(14)2)26-32(29,30)18-11-9-16(10-12-18)23-22(31)24-21(27)19-5-3-4-6-20(19)25-28/h3-13,26H,1-2H3,(H2,23,24,27,31). The van der Waals surface area contributed by atoms with Gasteiger partial charge in [0.25, 0.3) is 15.9 Å². The minimum atomic E-state index is -3.77. The highest BCUT2D eigenvalue weighted by Crippen LogP contribution is 2.21. The normalized spacial score (nSPS) is 10.8. The Morgan fingerprint density at radius 3 is 2.22 bits per heavy atom. The quantitative estimate of drug-likeness (QED) is 0.359. The number of hydrogen-bond donors (Lipinski definition) is 3. The van der Waals surface area contributed by atoms with Gasteiger partial charge in [0.05, 0.1) is 10.5 Å². The van der Waals surface area contributed by atoms with Crippen molar-refractivity contribution in [2.45, 2.75) is 18.7 Å². The molecule has 1 amide bonds. The smallest absolute Gasteiger partial charge is 0.261 e. The molecule has 0 aliphatic rings. The Bertz CT molecular complexity index is 1290. The van der Waals surface area contributed by atoms with Gasteiger partial charge in [-0.05, 0) is 90.9 Å². The van der Waals surface area contributed by atoms with Crippen molar-refractivity contribution in [3.8, 4) is 0 Å². The van der Waals surface area contributed by atoms with Gasteiger partial charge in [-0.1, -0.05) is 18.2 Å². The molecule has 0 unspecified atom stereocenters. The average molecular weight is 469 g/mol. The number of nitrogens with zero attached hydrogens (tertiary/aromatic N) is 1. The second-order valence-electron chi connectivity index (χ2n) is 6.95. The zero-order chi connectivity index (χ0) is 23.3. The van der Waals surface area contributed by atoms with Crippen LogP contribution in [0.25, 0.3) is 0 Å². The fourth-order valence-corrected chi connectivity index (χ4v) is 4.07. The fourth-order valence-electron chi connectivity index (χ4n) is 2.81. The summed E-state index contributed by atoms with van der Waals surface area (Å²) in [6.45, 7) is 3.85. The molecule has 0 heterocycles. The van der Waals surface area contributed by atoms with Gasteiger partial charge in [0.1, 0.15) is 5.69 Å². The number of carbonyl (C=O) groups excluding carboxylic acids is 1. The van der Waals surface area contributed by atoms with Gasteiger partial charge < -0.3 is 5.32 Å². The third-order valence-corrected chi connectivity index (χ3v) is 6.26. The minimum Gasteiger partial charge on any atom is -0.332 e. The molecule has 0 atom stereocenters. The number of thiocarbonyl (C=S) groups is 1. The van der Waals surface area contributed by atoms with E-state index in [1.165, 1.54) is 36.4 Å². The lowest BCUT2D eigenvalue weighted by Gasteiger charge is -2.12. The Labute approximate surface area is 191 Å². The number of nitrogens with one attached hydrogen (secondary N) is 3. The third kappa shape index (κ3) is 5.54. The zero-order valence-electron chi connectivity index (χ0n) is 17.2. The zero-order valence-corrected chi connectivity index (χ0v) is 18.9. The molecule has 10 heteroatoms. The van der Waals surface area contributed by atoms with Crippen LogP contribution in [0.1, 0.15) is 21.5 Å². The van der Waals surface area contributed by atoms with Crippen molar-refractivity contribution in [2.24, 2.45) is 5.18 Å². The van der Waals surface area contributed by atoms with Crippen LogP contribution in [0.4, 0.5) is 17.1 Å². The van der Waals surface area contributed by atoms with E-state index in [0.717, 1.165) is 11.1 Å². The molecule has 3 rings (SSSR count). The van der Waals surface area contributed by atoms with Crippen molar-refractivity contribution in [3.63, 3.8) is 0 Å². The molecular weight excluding hydrogens is 448 g/mol. The van der Waals surface area contributed by atoms with E-state index in [0.29, 0.717) is 11.4 Å². The number of amides is 1. The molecule has 32 heavy (non-hydrogen) atoms. The summed E-state index contributed by atoms with van der Waals surface area (Å²) in [4.78, 5) is 23.2. The van der Waals surface area contributed by atoms with Gasteiger partial charge in [-0.3, -0.25) is 14.8 Å². The van der Waals surface area contributed by atoms with Gasteiger partial charge >= 0.3 is 0 Å². The predicted octanol–water partition coefficient (Wildman–Crippen LogP) is 4.63. The lowest BCUT2D eigenvalue weighted by molar-refractivity contribution is 0.0978. The number of carbonyl (C=O) groups is 1. The van der Waals surface area contributed by atoms with Crippen LogP contribution in [-0.4, -0.2) is 19.4 Å². The number of nitroso groups, excluding NO2 is 1. The van der Waals surface area contributed by atoms with E-state index in [4.69, 9.17) is 12.2 Å². The summed E-state index contributed by atoms with van der Waals surface area (Å²) in [5.41, 5.74) is 3.08. The minimum absolute atomic E-state index is 0.00127. The van der Waals surface area contributed by atoms with Gasteiger partial charge in [-0.15, -0.1) is 4.91 Å². The number of anilines is 2. The Morgan fingerprint density at radius 2 is 1.56 bits per heavy atom. The van der Waals surface area contributed by atoms with Crippen LogP contribution >= 0.6 is 12.2 Å². The predicted molar refractivity (Wildman–Crippen MR) is 129 cm³/mol. The maximum atomic E-state index is 12.6. The Kier molecular flexibility index (Phi) is 6.96. The van der Waals surface area contributed by atoms with Gasteiger partial charge in [0, 0.05) is 11.4 Å². The van der Waals surface area contributed by atoms with Gasteiger partial charge in [0.15, 0.2) is 5.11 Å². The van der Waals surface area contributed by atoms with Crippen LogP contribution in [0.15, 0.2) is 76.8 Å². The third-order valence-electron chi connectivity index (χ3n) is 4.66. The Balaban J connectivity index is 1.66. The fraction of sp³-hybridized carbons (Fsp3) is 0.0909. The number of rotatable bonds is 6. The van der Waals surface area contributed by atoms with E-state index in [-0.39, 0.29) is 21.3 Å². The molecule has 0 spiro atoms. The summed E-state index contributed by atoms with van der Waals surface area (Å²) in [5, 5.41) is 8.06. The summed E-state index contributed by atoms with van der Waals surface area (Å²) in [5.74, 6) is -0.588. The maximum Gasteiger partial charge on any atom is 0.261 e. The van der Waals surface area contributed by atoms with Crippen molar-refractivity contribution in [3.05, 3.63) is 88.3 Å². The molecule has 3 aromatic rings. The highest BCUT2D eigenvalue weighted by molar-refractivity contribution is 7.92. The van der Waals surface area contributed by atoms with E-state index in [1.54, 1.807) is 24.3 Å². The highest BCUT2D eigenvalue weighted by Gasteiger charge is 2.16. The number of hydrogen-bond acceptors (Lipinski definition) is 6. The molecule has 0 fully saturated rings. The first-order valence-corrected chi connectivity index (χ1v) is 11.3. The van der Waals surface area contributed by atoms with Gasteiger partial charge in [-0.25, -0.2) is 8.42 Å². The van der Waals surface area contributed by atoms with Crippen molar-refractivity contribution in [1.29, 1.82) is 0 Å². The molecule has 3 N–H and O–H groups in total. The maximum absolute atomic E-state index is 12.6. The summed E-state index contributed by atoms with van der Waals surface area (Å²) in [6, 6.07) is 17.3. The molecular formula is C22H20N4O4S2. The molecule has 0 aliphatic heterocycles. The van der Waals surface area contributed by atoms with Crippen molar-refractivity contribution in [1.82, 2.24) is 5.32 Å². The van der Waals surface area contributed by atoms with Crippen molar-refractivity contribution in [2.75, 3.05) is 10.0 Å². The molecule has 8 nitrogen and oxygen atoms in total. The molecule has 3 aromatic carbocycles. The summed E-state index contributed by atoms with van der Waals surface area (Å²) < 4.78 is 27.8. The molecule has 0 saturated heterocycles. The molecule has 0 aliphatic carbocycles. The van der Waals surface area contributed by atoms with Gasteiger partial charge in [-0.2, -0.15) is 0 Å². The van der Waals surface area contributed by atoms with E-state index >= 15 is 0 Å². The van der Waals surface area contributed by atoms with Crippen LogP contribution in [0.3, 0.4) is 0 Å². The molecule has 164 valence electrons. The molecule has 0 saturated carbocycles. The molecule has 0 bridgehead atoms.